The third kappa shape index (κ3) is 5.69. The van der Waals surface area contributed by atoms with Gasteiger partial charge in [0.15, 0.2) is 5.96 Å². The number of sulfonamides is 1. The molecule has 0 spiro atoms. The zero-order valence-corrected chi connectivity index (χ0v) is 18.6. The summed E-state index contributed by atoms with van der Waals surface area (Å²) < 4.78 is 22.9. The molecule has 3 aromatic rings. The van der Waals surface area contributed by atoms with E-state index in [-0.39, 0.29) is 28.9 Å². The summed E-state index contributed by atoms with van der Waals surface area (Å²) in [5, 5.41) is 12.8. The highest BCUT2D eigenvalue weighted by atomic mass is 127. The Hall–Kier alpha value is -2.11. The first-order valence-corrected chi connectivity index (χ1v) is 10.1. The number of para-hydroxylation sites is 1. The van der Waals surface area contributed by atoms with Gasteiger partial charge in [-0.1, -0.05) is 30.3 Å². The Labute approximate surface area is 181 Å². The van der Waals surface area contributed by atoms with Crippen molar-refractivity contribution in [2.75, 3.05) is 13.6 Å². The van der Waals surface area contributed by atoms with E-state index < -0.39 is 10.0 Å². The number of fused-ring (bicyclic) bond motifs is 1. The lowest BCUT2D eigenvalue weighted by atomic mass is 10.1. The second kappa shape index (κ2) is 9.89. The number of halogens is 1. The predicted octanol–water partition coefficient (Wildman–Crippen LogP) is 2.34. The number of primary sulfonamides is 1. The third-order valence-electron chi connectivity index (χ3n) is 4.27. The van der Waals surface area contributed by atoms with E-state index in [4.69, 9.17) is 5.14 Å². The number of nitrogens with one attached hydrogen (secondary N) is 3. The van der Waals surface area contributed by atoms with Gasteiger partial charge in [0.1, 0.15) is 0 Å². The first-order chi connectivity index (χ1) is 13.0. The number of aromatic nitrogens is 1. The first-order valence-electron chi connectivity index (χ1n) is 8.58. The van der Waals surface area contributed by atoms with Crippen molar-refractivity contribution < 1.29 is 8.42 Å². The van der Waals surface area contributed by atoms with Crippen LogP contribution in [0.15, 0.2) is 64.6 Å². The Bertz CT molecular complexity index is 1060. The van der Waals surface area contributed by atoms with Crippen LogP contribution in [0.2, 0.25) is 0 Å². The number of nitrogens with zero attached hydrogens (tertiary/aromatic N) is 1. The van der Waals surface area contributed by atoms with Crippen molar-refractivity contribution in [3.63, 3.8) is 0 Å². The number of benzene rings is 2. The number of aromatic amines is 1. The maximum atomic E-state index is 11.4. The Morgan fingerprint density at radius 2 is 1.93 bits per heavy atom. The zero-order chi connectivity index (χ0) is 19.3. The molecular formula is C19H24IN5O2S. The fourth-order valence-corrected chi connectivity index (χ4v) is 3.48. The lowest BCUT2D eigenvalue weighted by molar-refractivity contribution is 0.597. The monoisotopic (exact) mass is 513 g/mol. The van der Waals surface area contributed by atoms with E-state index in [1.54, 1.807) is 19.2 Å². The fraction of sp³-hybridized carbons (Fsp3) is 0.211. The second-order valence-corrected chi connectivity index (χ2v) is 7.72. The SMILES string of the molecule is CN=C(NCCc1c[nH]c2ccccc12)NCc1cccc(S(N)(=O)=O)c1.I. The Morgan fingerprint density at radius 3 is 2.68 bits per heavy atom. The number of aliphatic imine (C=N–C) groups is 1. The molecule has 150 valence electrons. The number of guanidine groups is 1. The van der Waals surface area contributed by atoms with E-state index in [1.165, 1.54) is 17.0 Å². The number of H-pyrrole nitrogens is 1. The Morgan fingerprint density at radius 1 is 1.14 bits per heavy atom. The minimum Gasteiger partial charge on any atom is -0.361 e. The maximum absolute atomic E-state index is 11.4. The number of hydrogen-bond acceptors (Lipinski definition) is 3. The van der Waals surface area contributed by atoms with E-state index in [9.17, 15) is 8.42 Å². The molecular weight excluding hydrogens is 489 g/mol. The molecule has 2 aromatic carbocycles. The highest BCUT2D eigenvalue weighted by Crippen LogP contribution is 2.17. The quantitative estimate of drug-likeness (QED) is 0.230. The molecule has 0 amide bonds. The van der Waals surface area contributed by atoms with Gasteiger partial charge in [-0.2, -0.15) is 0 Å². The smallest absolute Gasteiger partial charge is 0.238 e. The highest BCUT2D eigenvalue weighted by molar-refractivity contribution is 14.0. The van der Waals surface area contributed by atoms with Crippen molar-refractivity contribution in [1.82, 2.24) is 15.6 Å². The van der Waals surface area contributed by atoms with E-state index in [2.05, 4.69) is 32.7 Å². The molecule has 0 radical (unpaired) electrons. The molecule has 1 aromatic heterocycles. The number of nitrogens with two attached hydrogens (primary N) is 1. The Kier molecular flexibility index (Phi) is 7.84. The summed E-state index contributed by atoms with van der Waals surface area (Å²) in [7, 11) is -2.01. The molecule has 28 heavy (non-hydrogen) atoms. The summed E-state index contributed by atoms with van der Waals surface area (Å²) in [6.45, 7) is 1.16. The fourth-order valence-electron chi connectivity index (χ4n) is 2.89. The molecule has 0 saturated heterocycles. The van der Waals surface area contributed by atoms with Crippen LogP contribution in [0.3, 0.4) is 0 Å². The van der Waals surface area contributed by atoms with Crippen LogP contribution < -0.4 is 15.8 Å². The molecule has 0 aliphatic heterocycles. The molecule has 0 aliphatic rings. The Balaban J connectivity index is 0.00000280. The summed E-state index contributed by atoms with van der Waals surface area (Å²) in [6.07, 6.45) is 2.88. The molecule has 0 aliphatic carbocycles. The van der Waals surface area contributed by atoms with Crippen molar-refractivity contribution in [1.29, 1.82) is 0 Å². The lowest BCUT2D eigenvalue weighted by Crippen LogP contribution is -2.37. The van der Waals surface area contributed by atoms with E-state index in [0.717, 1.165) is 24.0 Å². The van der Waals surface area contributed by atoms with E-state index in [1.807, 2.05) is 24.4 Å². The van der Waals surface area contributed by atoms with Gasteiger partial charge in [0, 0.05) is 37.2 Å². The average molecular weight is 513 g/mol. The van der Waals surface area contributed by atoms with Gasteiger partial charge in [-0.3, -0.25) is 4.99 Å². The van der Waals surface area contributed by atoms with Gasteiger partial charge >= 0.3 is 0 Å². The van der Waals surface area contributed by atoms with Crippen LogP contribution in [-0.2, 0) is 23.0 Å². The van der Waals surface area contributed by atoms with Crippen molar-refractivity contribution in [3.8, 4) is 0 Å². The van der Waals surface area contributed by atoms with Gasteiger partial charge in [-0.15, -0.1) is 24.0 Å². The predicted molar refractivity (Wildman–Crippen MR) is 123 cm³/mol. The topological polar surface area (TPSA) is 112 Å². The zero-order valence-electron chi connectivity index (χ0n) is 15.5. The highest BCUT2D eigenvalue weighted by Gasteiger charge is 2.08. The molecule has 0 fully saturated rings. The van der Waals surface area contributed by atoms with Crippen LogP contribution in [-0.4, -0.2) is 33.0 Å². The molecule has 9 heteroatoms. The average Bonchev–Trinajstić information content (AvgIpc) is 3.07. The number of hydrogen-bond donors (Lipinski definition) is 4. The summed E-state index contributed by atoms with van der Waals surface area (Å²) in [6, 6.07) is 14.7. The minimum absolute atomic E-state index is 0. The second-order valence-electron chi connectivity index (χ2n) is 6.15. The van der Waals surface area contributed by atoms with Crippen molar-refractivity contribution in [2.24, 2.45) is 10.1 Å². The molecule has 3 rings (SSSR count). The van der Waals surface area contributed by atoms with Gasteiger partial charge < -0.3 is 15.6 Å². The largest absolute Gasteiger partial charge is 0.361 e. The van der Waals surface area contributed by atoms with E-state index >= 15 is 0 Å². The van der Waals surface area contributed by atoms with Crippen LogP contribution in [0.1, 0.15) is 11.1 Å². The van der Waals surface area contributed by atoms with Crippen LogP contribution in [0.5, 0.6) is 0 Å². The number of rotatable bonds is 6. The lowest BCUT2D eigenvalue weighted by Gasteiger charge is -2.12. The minimum atomic E-state index is -3.70. The molecule has 7 nitrogen and oxygen atoms in total. The molecule has 0 unspecified atom stereocenters. The van der Waals surface area contributed by atoms with Crippen LogP contribution in [0.25, 0.3) is 10.9 Å². The summed E-state index contributed by atoms with van der Waals surface area (Å²) in [4.78, 5) is 7.57. The molecule has 5 N–H and O–H groups in total. The molecule has 0 saturated carbocycles. The van der Waals surface area contributed by atoms with Crippen molar-refractivity contribution in [2.45, 2.75) is 17.9 Å². The van der Waals surface area contributed by atoms with Crippen LogP contribution >= 0.6 is 24.0 Å². The van der Waals surface area contributed by atoms with E-state index in [0.29, 0.717) is 12.5 Å². The van der Waals surface area contributed by atoms with Gasteiger partial charge in [0.2, 0.25) is 10.0 Å². The van der Waals surface area contributed by atoms with Crippen LogP contribution in [0.4, 0.5) is 0 Å². The summed E-state index contributed by atoms with van der Waals surface area (Å²) in [5.41, 5.74) is 3.18. The van der Waals surface area contributed by atoms with Crippen molar-refractivity contribution in [3.05, 3.63) is 65.9 Å². The molecule has 0 bridgehead atoms. The third-order valence-corrected chi connectivity index (χ3v) is 5.18. The standard InChI is InChI=1S/C19H23N5O2S.HI/c1-21-19(24-12-14-5-4-6-16(11-14)27(20,25)26)22-10-9-15-13-23-18-8-3-2-7-17(15)18;/h2-8,11,13,23H,9-10,12H2,1H3,(H2,20,25,26)(H2,21,22,24);1H. The summed E-state index contributed by atoms with van der Waals surface area (Å²) >= 11 is 0. The molecule has 1 heterocycles. The van der Waals surface area contributed by atoms with Gasteiger partial charge in [0.05, 0.1) is 4.90 Å². The normalized spacial score (nSPS) is 11.9. The first kappa shape index (κ1) is 22.2. The van der Waals surface area contributed by atoms with Crippen molar-refractivity contribution >= 4 is 50.9 Å². The van der Waals surface area contributed by atoms with Gasteiger partial charge in [0.25, 0.3) is 0 Å². The van der Waals surface area contributed by atoms with Gasteiger partial charge in [-0.25, -0.2) is 13.6 Å². The maximum Gasteiger partial charge on any atom is 0.238 e. The summed E-state index contributed by atoms with van der Waals surface area (Å²) in [5.74, 6) is 0.649. The van der Waals surface area contributed by atoms with Crippen LogP contribution in [0, 0.1) is 0 Å². The molecule has 0 atom stereocenters. The van der Waals surface area contributed by atoms with Gasteiger partial charge in [-0.05, 0) is 35.7 Å².